The third-order valence-electron chi connectivity index (χ3n) is 3.26. The number of rotatable bonds is 6. The standard InChI is InChI=1S/C11H18N2O4S.C6H7N/c1-2-8-6-10(13)11(7-9(8)12)17-4-3-5-18(14,15)16;7-6-4-2-1-3-5-6/h6-7H,2-5,12-13H2,1H3,(H,14,15,16);1-5H,7H2. The van der Waals surface area contributed by atoms with Crippen molar-refractivity contribution in [2.75, 3.05) is 29.6 Å². The molecule has 0 aromatic heterocycles. The molecule has 0 aliphatic rings. The van der Waals surface area contributed by atoms with Crippen molar-refractivity contribution >= 4 is 27.2 Å². The zero-order valence-corrected chi connectivity index (χ0v) is 15.0. The summed E-state index contributed by atoms with van der Waals surface area (Å²) in [6.45, 7) is 2.12. The van der Waals surface area contributed by atoms with Crippen LogP contribution in [0.25, 0.3) is 0 Å². The van der Waals surface area contributed by atoms with Crippen LogP contribution in [0, 0.1) is 0 Å². The summed E-state index contributed by atoms with van der Waals surface area (Å²) in [5.41, 5.74) is 19.8. The first-order valence-electron chi connectivity index (χ1n) is 7.79. The second-order valence-electron chi connectivity index (χ2n) is 5.34. The van der Waals surface area contributed by atoms with E-state index in [1.807, 2.05) is 37.3 Å². The number of hydrogen-bond donors (Lipinski definition) is 4. The molecule has 0 unspecified atom stereocenters. The van der Waals surface area contributed by atoms with Gasteiger partial charge in [0.25, 0.3) is 10.1 Å². The van der Waals surface area contributed by atoms with E-state index in [0.717, 1.165) is 17.7 Å². The second-order valence-corrected chi connectivity index (χ2v) is 6.91. The summed E-state index contributed by atoms with van der Waals surface area (Å²) in [6, 6.07) is 12.9. The van der Waals surface area contributed by atoms with Gasteiger partial charge in [-0.3, -0.25) is 4.55 Å². The van der Waals surface area contributed by atoms with Crippen molar-refractivity contribution in [1.29, 1.82) is 0 Å². The second kappa shape index (κ2) is 9.75. The van der Waals surface area contributed by atoms with Gasteiger partial charge in [-0.1, -0.05) is 25.1 Å². The number of hydrogen-bond acceptors (Lipinski definition) is 6. The molecule has 0 aliphatic carbocycles. The first-order valence-corrected chi connectivity index (χ1v) is 9.40. The molecule has 25 heavy (non-hydrogen) atoms. The Labute approximate surface area is 148 Å². The Balaban J connectivity index is 0.000000370. The van der Waals surface area contributed by atoms with Gasteiger partial charge in [-0.05, 0) is 36.6 Å². The molecule has 2 aromatic rings. The van der Waals surface area contributed by atoms with Crippen LogP contribution >= 0.6 is 0 Å². The minimum atomic E-state index is -3.94. The normalized spacial score (nSPS) is 10.6. The zero-order chi connectivity index (χ0) is 18.9. The van der Waals surface area contributed by atoms with Crippen molar-refractivity contribution < 1.29 is 17.7 Å². The van der Waals surface area contributed by atoms with Crippen LogP contribution in [0.4, 0.5) is 17.1 Å². The molecule has 0 heterocycles. The Morgan fingerprint density at radius 3 is 2.16 bits per heavy atom. The summed E-state index contributed by atoms with van der Waals surface area (Å²) in [5, 5.41) is 0. The first-order chi connectivity index (χ1) is 11.7. The Morgan fingerprint density at radius 1 is 1.04 bits per heavy atom. The monoisotopic (exact) mass is 367 g/mol. The van der Waals surface area contributed by atoms with Gasteiger partial charge in [0, 0.05) is 17.4 Å². The van der Waals surface area contributed by atoms with E-state index < -0.39 is 10.1 Å². The highest BCUT2D eigenvalue weighted by Gasteiger charge is 2.07. The van der Waals surface area contributed by atoms with E-state index in [-0.39, 0.29) is 18.8 Å². The van der Waals surface area contributed by atoms with Crippen molar-refractivity contribution in [1.82, 2.24) is 0 Å². The number of ether oxygens (including phenoxy) is 1. The number of aryl methyl sites for hydroxylation is 1. The molecule has 7 nitrogen and oxygen atoms in total. The maximum absolute atomic E-state index is 10.5. The molecule has 138 valence electrons. The Bertz CT molecular complexity index is 765. The molecule has 0 saturated heterocycles. The van der Waals surface area contributed by atoms with Crippen LogP contribution in [-0.4, -0.2) is 25.3 Å². The fraction of sp³-hybridized carbons (Fsp3) is 0.294. The van der Waals surface area contributed by atoms with Gasteiger partial charge in [0.05, 0.1) is 18.0 Å². The lowest BCUT2D eigenvalue weighted by Crippen LogP contribution is -2.09. The topological polar surface area (TPSA) is 142 Å². The average molecular weight is 367 g/mol. The Morgan fingerprint density at radius 2 is 1.68 bits per heavy atom. The van der Waals surface area contributed by atoms with Crippen LogP contribution in [0.3, 0.4) is 0 Å². The van der Waals surface area contributed by atoms with E-state index in [4.69, 9.17) is 26.5 Å². The van der Waals surface area contributed by atoms with E-state index >= 15 is 0 Å². The van der Waals surface area contributed by atoms with Crippen molar-refractivity contribution in [2.24, 2.45) is 0 Å². The number of anilines is 3. The van der Waals surface area contributed by atoms with Crippen LogP contribution in [0.1, 0.15) is 18.9 Å². The molecule has 0 bridgehead atoms. The van der Waals surface area contributed by atoms with Gasteiger partial charge in [0.15, 0.2) is 0 Å². The van der Waals surface area contributed by atoms with Crippen LogP contribution in [0.5, 0.6) is 5.75 Å². The molecule has 0 fully saturated rings. The highest BCUT2D eigenvalue weighted by atomic mass is 32.2. The molecule has 0 aliphatic heterocycles. The molecule has 8 heteroatoms. The fourth-order valence-electron chi connectivity index (χ4n) is 1.97. The minimum absolute atomic E-state index is 0.148. The third kappa shape index (κ3) is 8.27. The Hall–Kier alpha value is -2.45. The first kappa shape index (κ1) is 20.6. The van der Waals surface area contributed by atoms with E-state index in [1.165, 1.54) is 0 Å². The van der Waals surface area contributed by atoms with Crippen molar-refractivity contribution in [3.8, 4) is 5.75 Å². The molecule has 0 spiro atoms. The number of nitrogens with two attached hydrogens (primary N) is 3. The summed E-state index contributed by atoms with van der Waals surface area (Å²) in [7, 11) is -3.94. The predicted molar refractivity (Wildman–Crippen MR) is 102 cm³/mol. The third-order valence-corrected chi connectivity index (χ3v) is 4.06. The summed E-state index contributed by atoms with van der Waals surface area (Å²) >= 11 is 0. The van der Waals surface area contributed by atoms with Crippen molar-refractivity contribution in [2.45, 2.75) is 19.8 Å². The molecule has 0 saturated carbocycles. The fourth-order valence-corrected chi connectivity index (χ4v) is 2.45. The molecule has 2 rings (SSSR count). The smallest absolute Gasteiger partial charge is 0.264 e. The SMILES string of the molecule is CCc1cc(N)c(OCCCS(=O)(=O)O)cc1N.Nc1ccccc1. The molecular weight excluding hydrogens is 342 g/mol. The van der Waals surface area contributed by atoms with Gasteiger partial charge >= 0.3 is 0 Å². The molecule has 0 amide bonds. The quantitative estimate of drug-likeness (QED) is 0.349. The highest BCUT2D eigenvalue weighted by Crippen LogP contribution is 2.28. The molecule has 7 N–H and O–H groups in total. The molecule has 0 atom stereocenters. The lowest BCUT2D eigenvalue weighted by atomic mass is 10.1. The maximum atomic E-state index is 10.5. The van der Waals surface area contributed by atoms with E-state index in [0.29, 0.717) is 17.1 Å². The van der Waals surface area contributed by atoms with E-state index in [2.05, 4.69) is 0 Å². The van der Waals surface area contributed by atoms with Crippen molar-refractivity contribution in [3.05, 3.63) is 48.0 Å². The van der Waals surface area contributed by atoms with E-state index in [1.54, 1.807) is 12.1 Å². The molecule has 2 aromatic carbocycles. The van der Waals surface area contributed by atoms with Gasteiger partial charge in [-0.25, -0.2) is 0 Å². The van der Waals surface area contributed by atoms with Crippen LogP contribution in [0.2, 0.25) is 0 Å². The van der Waals surface area contributed by atoms with Gasteiger partial charge in [-0.2, -0.15) is 8.42 Å². The molecular formula is C17H25N3O4S. The number of para-hydroxylation sites is 1. The van der Waals surface area contributed by atoms with E-state index in [9.17, 15) is 8.42 Å². The highest BCUT2D eigenvalue weighted by molar-refractivity contribution is 7.85. The summed E-state index contributed by atoms with van der Waals surface area (Å²) in [4.78, 5) is 0. The van der Waals surface area contributed by atoms with Crippen molar-refractivity contribution in [3.63, 3.8) is 0 Å². The predicted octanol–water partition coefficient (Wildman–Crippen LogP) is 2.34. The largest absolute Gasteiger partial charge is 0.491 e. The van der Waals surface area contributed by atoms with Gasteiger partial charge in [0.2, 0.25) is 0 Å². The number of nitrogen functional groups attached to an aromatic ring is 3. The van der Waals surface area contributed by atoms with Crippen LogP contribution < -0.4 is 21.9 Å². The average Bonchev–Trinajstić information content (AvgIpc) is 2.54. The summed E-state index contributed by atoms with van der Waals surface area (Å²) in [6.07, 6.45) is 0.965. The summed E-state index contributed by atoms with van der Waals surface area (Å²) in [5.74, 6) is 0.0927. The van der Waals surface area contributed by atoms with Crippen LogP contribution in [0.15, 0.2) is 42.5 Å². The van der Waals surface area contributed by atoms with Gasteiger partial charge < -0.3 is 21.9 Å². The number of benzene rings is 2. The lowest BCUT2D eigenvalue weighted by Gasteiger charge is -2.11. The summed E-state index contributed by atoms with van der Waals surface area (Å²) < 4.78 is 34.9. The maximum Gasteiger partial charge on any atom is 0.264 e. The van der Waals surface area contributed by atoms with Gasteiger partial charge in [-0.15, -0.1) is 0 Å². The minimum Gasteiger partial charge on any atom is -0.491 e. The Kier molecular flexibility index (Phi) is 8.03. The van der Waals surface area contributed by atoms with Gasteiger partial charge in [0.1, 0.15) is 5.75 Å². The van der Waals surface area contributed by atoms with Crippen LogP contribution in [-0.2, 0) is 16.5 Å². The zero-order valence-electron chi connectivity index (χ0n) is 14.2. The molecule has 0 radical (unpaired) electrons. The lowest BCUT2D eigenvalue weighted by molar-refractivity contribution is 0.318.